The number of hydrogen-bond donors (Lipinski definition) is 2. The lowest BCUT2D eigenvalue weighted by Gasteiger charge is -2.41. The molecular weight excluding hydrogens is 432 g/mol. The van der Waals surface area contributed by atoms with Gasteiger partial charge in [0.05, 0.1) is 0 Å². The number of carbonyl (C=O) groups excluding carboxylic acids is 1. The van der Waals surface area contributed by atoms with E-state index in [4.69, 9.17) is 4.74 Å². The predicted octanol–water partition coefficient (Wildman–Crippen LogP) is 6.72. The number of esters is 1. The van der Waals surface area contributed by atoms with Crippen LogP contribution < -0.4 is 0 Å². The summed E-state index contributed by atoms with van der Waals surface area (Å²) >= 11 is 1.33. The van der Waals surface area contributed by atoms with Gasteiger partial charge in [0.25, 0.3) is 0 Å². The summed E-state index contributed by atoms with van der Waals surface area (Å²) in [5.41, 5.74) is 2.84. The highest BCUT2D eigenvalue weighted by atomic mass is 32.2. The molecule has 1 aliphatic heterocycles. The molecule has 0 spiro atoms. The Morgan fingerprint density at radius 1 is 1.06 bits per heavy atom. The molecule has 2 aromatic carbocycles. The smallest absolute Gasteiger partial charge is 0.349 e. The van der Waals surface area contributed by atoms with Crippen LogP contribution >= 0.6 is 11.8 Å². The second-order valence-electron chi connectivity index (χ2n) is 9.43. The van der Waals surface area contributed by atoms with E-state index >= 15 is 0 Å². The lowest BCUT2D eigenvalue weighted by atomic mass is 9.77. The van der Waals surface area contributed by atoms with Gasteiger partial charge in [0.2, 0.25) is 0 Å². The fraction of sp³-hybridized carbons (Fsp3) is 0.393. The highest BCUT2D eigenvalue weighted by molar-refractivity contribution is 8.04. The van der Waals surface area contributed by atoms with E-state index in [1.165, 1.54) is 17.3 Å². The van der Waals surface area contributed by atoms with Gasteiger partial charge in [-0.1, -0.05) is 61.0 Å². The van der Waals surface area contributed by atoms with Gasteiger partial charge in [-0.25, -0.2) is 4.79 Å². The maximum Gasteiger partial charge on any atom is 0.349 e. The van der Waals surface area contributed by atoms with Crippen molar-refractivity contribution < 1.29 is 19.7 Å². The van der Waals surface area contributed by atoms with E-state index in [9.17, 15) is 15.0 Å². The first-order valence-electron chi connectivity index (χ1n) is 11.9. The molecule has 5 rings (SSSR count). The second-order valence-corrected chi connectivity index (χ2v) is 10.5. The molecule has 3 aliphatic rings. The van der Waals surface area contributed by atoms with E-state index in [1.54, 1.807) is 12.1 Å². The SMILES string of the molecule is O=C1OC(CCc2ccc(O)cc2)(C2CCCC2)CC(O)=C1Sc1cccc2c1C=CCC2. The van der Waals surface area contributed by atoms with Crippen LogP contribution in [0.15, 0.2) is 64.1 Å². The summed E-state index contributed by atoms with van der Waals surface area (Å²) < 4.78 is 6.26. The maximum absolute atomic E-state index is 13.3. The number of phenolic OH excluding ortho intramolecular Hbond substituents is 1. The molecule has 0 amide bonds. The van der Waals surface area contributed by atoms with E-state index in [0.29, 0.717) is 17.7 Å². The second kappa shape index (κ2) is 9.30. The van der Waals surface area contributed by atoms with Crippen LogP contribution in [0, 0.1) is 5.92 Å². The van der Waals surface area contributed by atoms with E-state index in [0.717, 1.165) is 61.0 Å². The fourth-order valence-electron chi connectivity index (χ4n) is 5.53. The molecule has 0 bridgehead atoms. The largest absolute Gasteiger partial charge is 0.511 e. The van der Waals surface area contributed by atoms with Crippen LogP contribution in [0.25, 0.3) is 6.08 Å². The number of rotatable bonds is 6. The molecule has 2 N–H and O–H groups in total. The number of aromatic hydroxyl groups is 1. The Labute approximate surface area is 199 Å². The molecular formula is C28H30O4S. The van der Waals surface area contributed by atoms with Crippen LogP contribution in [0.1, 0.15) is 61.6 Å². The summed E-state index contributed by atoms with van der Waals surface area (Å²) in [6, 6.07) is 13.3. The highest BCUT2D eigenvalue weighted by Crippen LogP contribution is 2.48. The van der Waals surface area contributed by atoms with Gasteiger partial charge in [-0.05, 0) is 79.3 Å². The zero-order valence-corrected chi connectivity index (χ0v) is 19.6. The third-order valence-corrected chi connectivity index (χ3v) is 8.50. The van der Waals surface area contributed by atoms with Gasteiger partial charge < -0.3 is 14.9 Å². The Balaban J connectivity index is 1.41. The number of phenols is 1. The standard InChI is InChI=1S/C28H30O4S/c29-22-14-12-19(13-15-22)16-17-28(21-8-2-3-9-21)18-24(30)26(27(31)32-28)33-25-11-5-7-20-6-1-4-10-23(20)25/h4-5,7,10-15,21,29-30H,1-3,6,8-9,16-18H2. The van der Waals surface area contributed by atoms with Crippen LogP contribution in [0.5, 0.6) is 5.75 Å². The van der Waals surface area contributed by atoms with Crippen molar-refractivity contribution in [2.45, 2.75) is 68.3 Å². The Morgan fingerprint density at radius 3 is 2.61 bits per heavy atom. The molecule has 2 aromatic rings. The van der Waals surface area contributed by atoms with E-state index in [-0.39, 0.29) is 17.4 Å². The number of fused-ring (bicyclic) bond motifs is 1. The average Bonchev–Trinajstić information content (AvgIpc) is 3.37. The van der Waals surface area contributed by atoms with Crippen LogP contribution in [-0.4, -0.2) is 21.8 Å². The van der Waals surface area contributed by atoms with Crippen molar-refractivity contribution in [3.05, 3.63) is 75.9 Å². The predicted molar refractivity (Wildman–Crippen MR) is 131 cm³/mol. The van der Waals surface area contributed by atoms with Crippen LogP contribution in [0.2, 0.25) is 0 Å². The molecule has 172 valence electrons. The number of cyclic esters (lactones) is 1. The third kappa shape index (κ3) is 4.56. The molecule has 33 heavy (non-hydrogen) atoms. The van der Waals surface area contributed by atoms with Gasteiger partial charge in [0, 0.05) is 11.3 Å². The van der Waals surface area contributed by atoms with Gasteiger partial charge in [-0.3, -0.25) is 0 Å². The van der Waals surface area contributed by atoms with Crippen molar-refractivity contribution >= 4 is 23.8 Å². The van der Waals surface area contributed by atoms with Crippen molar-refractivity contribution in [2.75, 3.05) is 0 Å². The van der Waals surface area contributed by atoms with Gasteiger partial charge in [-0.2, -0.15) is 0 Å². The van der Waals surface area contributed by atoms with Crippen molar-refractivity contribution in [1.82, 2.24) is 0 Å². The van der Waals surface area contributed by atoms with Gasteiger partial charge in [-0.15, -0.1) is 0 Å². The lowest BCUT2D eigenvalue weighted by molar-refractivity contribution is -0.166. The minimum Gasteiger partial charge on any atom is -0.511 e. The molecule has 1 heterocycles. The van der Waals surface area contributed by atoms with E-state index in [2.05, 4.69) is 18.2 Å². The van der Waals surface area contributed by atoms with E-state index in [1.807, 2.05) is 24.3 Å². The zero-order valence-electron chi connectivity index (χ0n) is 18.8. The number of ether oxygens (including phenoxy) is 1. The Hall–Kier alpha value is -2.66. The Morgan fingerprint density at radius 2 is 1.85 bits per heavy atom. The van der Waals surface area contributed by atoms with Gasteiger partial charge >= 0.3 is 5.97 Å². The zero-order chi connectivity index (χ0) is 22.8. The Kier molecular flexibility index (Phi) is 6.24. The van der Waals surface area contributed by atoms with Crippen molar-refractivity contribution in [3.8, 4) is 5.75 Å². The number of allylic oxidation sites excluding steroid dienone is 1. The first-order chi connectivity index (χ1) is 16.0. The quantitative estimate of drug-likeness (QED) is 0.466. The summed E-state index contributed by atoms with van der Waals surface area (Å²) in [4.78, 5) is 14.6. The van der Waals surface area contributed by atoms with E-state index < -0.39 is 11.6 Å². The summed E-state index contributed by atoms with van der Waals surface area (Å²) in [6.07, 6.45) is 12.4. The summed E-state index contributed by atoms with van der Waals surface area (Å²) in [6.45, 7) is 0. The van der Waals surface area contributed by atoms with Crippen molar-refractivity contribution in [3.63, 3.8) is 0 Å². The fourth-order valence-corrected chi connectivity index (χ4v) is 6.52. The molecule has 1 unspecified atom stereocenters. The molecule has 2 aliphatic carbocycles. The third-order valence-electron chi connectivity index (χ3n) is 7.32. The number of thioether (sulfide) groups is 1. The number of aliphatic hydroxyl groups excluding tert-OH is 1. The van der Waals surface area contributed by atoms with Crippen LogP contribution in [0.3, 0.4) is 0 Å². The normalized spacial score (nSPS) is 23.0. The molecule has 0 aromatic heterocycles. The minimum atomic E-state index is -0.671. The summed E-state index contributed by atoms with van der Waals surface area (Å²) in [5, 5.41) is 20.7. The average molecular weight is 463 g/mol. The molecule has 1 saturated carbocycles. The number of benzene rings is 2. The summed E-state index contributed by atoms with van der Waals surface area (Å²) in [5.74, 6) is 0.262. The van der Waals surface area contributed by atoms with Crippen molar-refractivity contribution in [1.29, 1.82) is 0 Å². The Bertz CT molecular complexity index is 1100. The van der Waals surface area contributed by atoms with Gasteiger partial charge in [0.15, 0.2) is 0 Å². The maximum atomic E-state index is 13.3. The molecule has 1 atom stereocenters. The number of aryl methyl sites for hydroxylation is 2. The monoisotopic (exact) mass is 462 g/mol. The summed E-state index contributed by atoms with van der Waals surface area (Å²) in [7, 11) is 0. The first-order valence-corrected chi connectivity index (χ1v) is 12.8. The molecule has 1 fully saturated rings. The van der Waals surface area contributed by atoms with Crippen molar-refractivity contribution in [2.24, 2.45) is 5.92 Å². The minimum absolute atomic E-state index is 0.159. The number of aliphatic hydroxyl groups is 1. The number of carbonyl (C=O) groups is 1. The molecule has 4 nitrogen and oxygen atoms in total. The molecule has 0 radical (unpaired) electrons. The van der Waals surface area contributed by atoms with Crippen LogP contribution in [0.4, 0.5) is 0 Å². The first kappa shape index (κ1) is 22.1. The van der Waals surface area contributed by atoms with Gasteiger partial charge in [0.1, 0.15) is 22.0 Å². The topological polar surface area (TPSA) is 66.8 Å². The molecule has 0 saturated heterocycles. The number of hydrogen-bond acceptors (Lipinski definition) is 5. The lowest BCUT2D eigenvalue weighted by Crippen LogP contribution is -2.45. The highest BCUT2D eigenvalue weighted by Gasteiger charge is 2.48. The van der Waals surface area contributed by atoms with Crippen LogP contribution in [-0.2, 0) is 22.4 Å². The molecule has 5 heteroatoms.